The van der Waals surface area contributed by atoms with Crippen molar-refractivity contribution in [3.05, 3.63) is 47.5 Å². The topological polar surface area (TPSA) is 64.1 Å². The first kappa shape index (κ1) is 23.1. The van der Waals surface area contributed by atoms with Crippen LogP contribution in [0.15, 0.2) is 42.5 Å². The summed E-state index contributed by atoms with van der Waals surface area (Å²) in [5.41, 5.74) is 0.819. The van der Waals surface area contributed by atoms with Crippen molar-refractivity contribution >= 4 is 56.6 Å². The molecule has 7 nitrogen and oxygen atoms in total. The number of fused-ring (bicyclic) bond motifs is 2. The molecule has 32 heavy (non-hydrogen) atoms. The van der Waals surface area contributed by atoms with Crippen molar-refractivity contribution in [1.29, 1.82) is 0 Å². The van der Waals surface area contributed by atoms with Gasteiger partial charge in [0, 0.05) is 31.2 Å². The molecule has 0 bridgehead atoms. The number of para-hydroxylation sites is 2. The van der Waals surface area contributed by atoms with Gasteiger partial charge in [-0.15, -0.1) is 12.4 Å². The van der Waals surface area contributed by atoms with Crippen molar-refractivity contribution in [3.63, 3.8) is 0 Å². The molecule has 2 aromatic carbocycles. The Morgan fingerprint density at radius 1 is 1.19 bits per heavy atom. The second kappa shape index (κ2) is 10.2. The van der Waals surface area contributed by atoms with Gasteiger partial charge in [0.1, 0.15) is 6.61 Å². The lowest BCUT2D eigenvalue weighted by molar-refractivity contribution is -0.127. The maximum absolute atomic E-state index is 13.5. The van der Waals surface area contributed by atoms with E-state index in [1.54, 1.807) is 4.90 Å². The molecule has 1 fully saturated rings. The monoisotopic (exact) mass is 495 g/mol. The van der Waals surface area contributed by atoms with E-state index in [2.05, 4.69) is 4.90 Å². The fourth-order valence-corrected chi connectivity index (χ4v) is 4.96. The molecule has 3 aromatic rings. The normalized spacial score (nSPS) is 18.2. The summed E-state index contributed by atoms with van der Waals surface area (Å²) in [6.07, 6.45) is -0.727. The first-order valence-corrected chi connectivity index (χ1v) is 11.4. The number of carbonyl (C=O) groups is 1. The Bertz CT molecular complexity index is 1090. The maximum atomic E-state index is 13.5. The van der Waals surface area contributed by atoms with E-state index in [-0.39, 0.29) is 24.9 Å². The summed E-state index contributed by atoms with van der Waals surface area (Å²) < 4.78 is 18.1. The average Bonchev–Trinajstić information content (AvgIpc) is 3.22. The fraction of sp³-hybridized carbons (Fsp3) is 0.364. The van der Waals surface area contributed by atoms with Gasteiger partial charge < -0.3 is 14.2 Å². The molecule has 5 rings (SSSR count). The molecule has 3 heterocycles. The molecular formula is C22H23Cl2N3O4S. The molecule has 1 atom stereocenters. The highest BCUT2D eigenvalue weighted by atomic mass is 35.5. The number of anilines is 1. The van der Waals surface area contributed by atoms with Gasteiger partial charge in [-0.2, -0.15) is 0 Å². The number of ether oxygens (including phenoxy) is 3. The molecular weight excluding hydrogens is 473 g/mol. The predicted molar refractivity (Wildman–Crippen MR) is 128 cm³/mol. The number of nitrogens with zero attached hydrogens (tertiary/aromatic N) is 3. The Balaban J connectivity index is 0.00000245. The van der Waals surface area contributed by atoms with Crippen LogP contribution in [-0.4, -0.2) is 67.9 Å². The standard InChI is InChI=1S/C22H22ClN3O4S.ClH/c23-15-5-6-16-20(13-15)31-22(24-16)26(8-7-25-9-11-28-12-10-25)21(27)19-14-29-17-3-1-2-4-18(17)30-19;/h1-6,13,19H,7-12,14H2;1H. The summed E-state index contributed by atoms with van der Waals surface area (Å²) in [5.74, 6) is 1.07. The molecule has 2 aliphatic heterocycles. The summed E-state index contributed by atoms with van der Waals surface area (Å²) >= 11 is 7.60. The highest BCUT2D eigenvalue weighted by molar-refractivity contribution is 7.22. The lowest BCUT2D eigenvalue weighted by atomic mass is 10.2. The minimum Gasteiger partial charge on any atom is -0.485 e. The number of halogens is 2. The highest BCUT2D eigenvalue weighted by Gasteiger charge is 2.33. The number of hydrogen-bond acceptors (Lipinski definition) is 7. The van der Waals surface area contributed by atoms with Crippen LogP contribution in [0.5, 0.6) is 11.5 Å². The summed E-state index contributed by atoms with van der Waals surface area (Å²) in [6.45, 7) is 4.54. The largest absolute Gasteiger partial charge is 0.485 e. The van der Waals surface area contributed by atoms with E-state index in [9.17, 15) is 4.79 Å². The molecule has 170 valence electrons. The lowest BCUT2D eigenvalue weighted by Gasteiger charge is -2.32. The van der Waals surface area contributed by atoms with Crippen LogP contribution in [0.4, 0.5) is 5.13 Å². The molecule has 0 saturated carbocycles. The smallest absolute Gasteiger partial charge is 0.273 e. The van der Waals surface area contributed by atoms with Crippen molar-refractivity contribution in [2.24, 2.45) is 0 Å². The second-order valence-electron chi connectivity index (χ2n) is 7.42. The van der Waals surface area contributed by atoms with Crippen molar-refractivity contribution in [2.45, 2.75) is 6.10 Å². The van der Waals surface area contributed by atoms with Crippen LogP contribution in [0, 0.1) is 0 Å². The minimum absolute atomic E-state index is 0. The number of rotatable bonds is 5. The molecule has 2 aliphatic rings. The number of thiazole rings is 1. The summed E-state index contributed by atoms with van der Waals surface area (Å²) in [6, 6.07) is 12.9. The van der Waals surface area contributed by atoms with Crippen LogP contribution in [0.1, 0.15) is 0 Å². The Labute approximate surface area is 201 Å². The second-order valence-corrected chi connectivity index (χ2v) is 8.86. The van der Waals surface area contributed by atoms with Gasteiger partial charge in [-0.3, -0.25) is 14.6 Å². The minimum atomic E-state index is -0.727. The van der Waals surface area contributed by atoms with Gasteiger partial charge in [0.25, 0.3) is 5.91 Å². The number of benzene rings is 2. The van der Waals surface area contributed by atoms with E-state index in [4.69, 9.17) is 30.8 Å². The number of aromatic nitrogens is 1. The summed E-state index contributed by atoms with van der Waals surface area (Å²) in [7, 11) is 0. The highest BCUT2D eigenvalue weighted by Crippen LogP contribution is 2.34. The molecule has 0 radical (unpaired) electrons. The third kappa shape index (κ3) is 4.94. The first-order valence-electron chi connectivity index (χ1n) is 10.2. The van der Waals surface area contributed by atoms with E-state index in [0.717, 1.165) is 29.9 Å². The number of morpholine rings is 1. The van der Waals surface area contributed by atoms with Crippen LogP contribution in [-0.2, 0) is 9.53 Å². The quantitative estimate of drug-likeness (QED) is 0.535. The van der Waals surface area contributed by atoms with Crippen molar-refractivity contribution in [2.75, 3.05) is 50.9 Å². The predicted octanol–water partition coefficient (Wildman–Crippen LogP) is 3.88. The maximum Gasteiger partial charge on any atom is 0.273 e. The van der Waals surface area contributed by atoms with Crippen LogP contribution >= 0.6 is 35.3 Å². The number of amides is 1. The van der Waals surface area contributed by atoms with E-state index in [1.165, 1.54) is 11.3 Å². The zero-order valence-corrected chi connectivity index (χ0v) is 19.6. The molecule has 0 spiro atoms. The lowest BCUT2D eigenvalue weighted by Crippen LogP contribution is -2.49. The van der Waals surface area contributed by atoms with Gasteiger partial charge in [0.2, 0.25) is 6.10 Å². The molecule has 1 aromatic heterocycles. The van der Waals surface area contributed by atoms with E-state index in [1.807, 2.05) is 42.5 Å². The van der Waals surface area contributed by atoms with Crippen LogP contribution < -0.4 is 14.4 Å². The fourth-order valence-electron chi connectivity index (χ4n) is 3.68. The summed E-state index contributed by atoms with van der Waals surface area (Å²) in [4.78, 5) is 22.3. The summed E-state index contributed by atoms with van der Waals surface area (Å²) in [5, 5.41) is 1.28. The van der Waals surface area contributed by atoms with Crippen LogP contribution in [0.3, 0.4) is 0 Å². The van der Waals surface area contributed by atoms with E-state index in [0.29, 0.717) is 41.4 Å². The van der Waals surface area contributed by atoms with Gasteiger partial charge in [-0.25, -0.2) is 4.98 Å². The zero-order valence-electron chi connectivity index (χ0n) is 17.2. The third-order valence-corrected chi connectivity index (χ3v) is 6.64. The van der Waals surface area contributed by atoms with Gasteiger partial charge in [0.15, 0.2) is 16.6 Å². The molecule has 1 saturated heterocycles. The van der Waals surface area contributed by atoms with Crippen LogP contribution in [0.2, 0.25) is 5.02 Å². The molecule has 10 heteroatoms. The Morgan fingerprint density at radius 2 is 1.97 bits per heavy atom. The van der Waals surface area contributed by atoms with Gasteiger partial charge in [-0.05, 0) is 30.3 Å². The van der Waals surface area contributed by atoms with Crippen molar-refractivity contribution in [1.82, 2.24) is 9.88 Å². The Hall–Kier alpha value is -2.10. The Kier molecular flexibility index (Phi) is 7.37. The number of hydrogen-bond donors (Lipinski definition) is 0. The third-order valence-electron chi connectivity index (χ3n) is 5.36. The van der Waals surface area contributed by atoms with Gasteiger partial charge in [0.05, 0.1) is 23.4 Å². The zero-order chi connectivity index (χ0) is 21.2. The van der Waals surface area contributed by atoms with E-state index < -0.39 is 6.10 Å². The molecule has 0 N–H and O–H groups in total. The van der Waals surface area contributed by atoms with Crippen molar-refractivity contribution in [3.8, 4) is 11.5 Å². The van der Waals surface area contributed by atoms with E-state index >= 15 is 0 Å². The van der Waals surface area contributed by atoms with Gasteiger partial charge in [-0.1, -0.05) is 35.1 Å². The molecule has 1 unspecified atom stereocenters. The average molecular weight is 496 g/mol. The molecule has 0 aliphatic carbocycles. The van der Waals surface area contributed by atoms with Crippen LogP contribution in [0.25, 0.3) is 10.2 Å². The number of carbonyl (C=O) groups excluding carboxylic acids is 1. The molecule has 1 amide bonds. The SMILES string of the molecule is Cl.O=C(C1COc2ccccc2O1)N(CCN1CCOCC1)c1nc2ccc(Cl)cc2s1. The van der Waals surface area contributed by atoms with Gasteiger partial charge >= 0.3 is 0 Å². The Morgan fingerprint density at radius 3 is 2.78 bits per heavy atom. The van der Waals surface area contributed by atoms with Crippen molar-refractivity contribution < 1.29 is 19.0 Å². The first-order chi connectivity index (χ1) is 15.2.